The molecule has 0 aliphatic heterocycles. The lowest BCUT2D eigenvalue weighted by atomic mass is 10.1. The van der Waals surface area contributed by atoms with E-state index in [1.807, 2.05) is 0 Å². The average Bonchev–Trinajstić information content (AvgIpc) is 3.18. The molecule has 4 rings (SSSR count). The van der Waals surface area contributed by atoms with E-state index in [4.69, 9.17) is 20.5 Å². The molecule has 0 saturated carbocycles. The molecule has 0 aliphatic carbocycles. The van der Waals surface area contributed by atoms with Crippen LogP contribution < -0.4 is 4.74 Å². The molecule has 0 aliphatic rings. The van der Waals surface area contributed by atoms with Crippen LogP contribution in [0.3, 0.4) is 0 Å². The Hall–Kier alpha value is -3.32. The summed E-state index contributed by atoms with van der Waals surface area (Å²) in [5.74, 6) is 0.295. The number of aromatic nitrogens is 5. The fraction of sp³-hybridized carbons (Fsp3) is 0.105. The molecule has 0 atom stereocenters. The van der Waals surface area contributed by atoms with Crippen molar-refractivity contribution in [3.8, 4) is 11.5 Å². The molecular formula is C19H14ClN5O2. The van der Waals surface area contributed by atoms with Gasteiger partial charge in [-0.15, -0.1) is 0 Å². The highest BCUT2D eigenvalue weighted by atomic mass is 35.5. The Kier molecular flexibility index (Phi) is 3.65. The largest absolute Gasteiger partial charge is 0.454 e. The molecule has 134 valence electrons. The van der Waals surface area contributed by atoms with Gasteiger partial charge in [-0.3, -0.25) is 14.8 Å². The second-order valence-corrected chi connectivity index (χ2v) is 6.14. The molecule has 27 heavy (non-hydrogen) atoms. The van der Waals surface area contributed by atoms with Gasteiger partial charge in [0.2, 0.25) is 0 Å². The van der Waals surface area contributed by atoms with Gasteiger partial charge in [-0.25, -0.2) is 9.50 Å². The number of Topliss-reactive ketones (excluding diaryl/α,β-unsaturated/α-hetero) is 1. The Morgan fingerprint density at radius 2 is 2.15 bits per heavy atom. The quantitative estimate of drug-likeness (QED) is 0.489. The van der Waals surface area contributed by atoms with Crippen molar-refractivity contribution in [3.05, 3.63) is 77.2 Å². The highest BCUT2D eigenvalue weighted by molar-refractivity contribution is 6.30. The maximum Gasteiger partial charge on any atom is 0.172 e. The first kappa shape index (κ1) is 13.8. The second-order valence-electron chi connectivity index (χ2n) is 5.70. The maximum absolute atomic E-state index is 13.0. The molecule has 0 aromatic carbocycles. The Morgan fingerprint density at radius 3 is 3.00 bits per heavy atom. The van der Waals surface area contributed by atoms with Crippen molar-refractivity contribution < 1.29 is 13.6 Å². The van der Waals surface area contributed by atoms with Crippen molar-refractivity contribution in [2.24, 2.45) is 0 Å². The summed E-state index contributed by atoms with van der Waals surface area (Å²) in [6.07, 6.45) is 5.43. The molecule has 4 heterocycles. The summed E-state index contributed by atoms with van der Waals surface area (Å²) in [6.45, 7) is 1.55. The highest BCUT2D eigenvalue weighted by Crippen LogP contribution is 2.25. The zero-order valence-corrected chi connectivity index (χ0v) is 14.9. The van der Waals surface area contributed by atoms with Gasteiger partial charge in [0.15, 0.2) is 11.4 Å². The highest BCUT2D eigenvalue weighted by Gasteiger charge is 2.16. The van der Waals surface area contributed by atoms with Crippen LogP contribution in [0.25, 0.3) is 5.65 Å². The standard InChI is InChI=1S/C19H14ClN5O2/c1-12-2-3-14(22-7-12)5-18(26)17-6-16(10-25-19(17)23-11-24-25)27-15-4-13(20)8-21-9-15/h2-4,6-11H,5H2,1H3/i2D,3D,7D. The molecular weight excluding hydrogens is 366 g/mol. The van der Waals surface area contributed by atoms with Crippen LogP contribution in [-0.4, -0.2) is 30.3 Å². The Bertz CT molecular complexity index is 1290. The van der Waals surface area contributed by atoms with Gasteiger partial charge in [-0.1, -0.05) is 17.6 Å². The van der Waals surface area contributed by atoms with E-state index in [2.05, 4.69) is 20.1 Å². The number of fused-ring (bicyclic) bond motifs is 1. The average molecular weight is 383 g/mol. The first-order valence-corrected chi connectivity index (χ1v) is 8.29. The van der Waals surface area contributed by atoms with Gasteiger partial charge >= 0.3 is 0 Å². The number of ether oxygens (including phenoxy) is 1. The van der Waals surface area contributed by atoms with E-state index in [-0.39, 0.29) is 35.9 Å². The third-order valence-corrected chi connectivity index (χ3v) is 3.85. The number of ketones is 1. The van der Waals surface area contributed by atoms with Crippen LogP contribution in [0.2, 0.25) is 5.02 Å². The van der Waals surface area contributed by atoms with E-state index >= 15 is 0 Å². The van der Waals surface area contributed by atoms with Crippen LogP contribution in [0.5, 0.6) is 11.5 Å². The first-order valence-electron chi connectivity index (χ1n) is 9.41. The molecule has 0 bridgehead atoms. The van der Waals surface area contributed by atoms with E-state index < -0.39 is 5.78 Å². The smallest absolute Gasteiger partial charge is 0.172 e. The predicted molar refractivity (Wildman–Crippen MR) is 99.3 cm³/mol. The van der Waals surface area contributed by atoms with Crippen molar-refractivity contribution in [1.82, 2.24) is 24.6 Å². The van der Waals surface area contributed by atoms with Crippen LogP contribution in [0, 0.1) is 6.92 Å². The first-order chi connectivity index (χ1) is 14.3. The van der Waals surface area contributed by atoms with Crippen LogP contribution in [0.4, 0.5) is 0 Å². The van der Waals surface area contributed by atoms with E-state index in [9.17, 15) is 4.79 Å². The summed E-state index contributed by atoms with van der Waals surface area (Å²) in [6, 6.07) is 2.80. The van der Waals surface area contributed by atoms with Crippen molar-refractivity contribution in [3.63, 3.8) is 0 Å². The predicted octanol–water partition coefficient (Wildman–Crippen LogP) is 3.70. The van der Waals surface area contributed by atoms with E-state index in [1.165, 1.54) is 29.3 Å². The normalized spacial score (nSPS) is 12.4. The van der Waals surface area contributed by atoms with Gasteiger partial charge in [0.25, 0.3) is 0 Å². The van der Waals surface area contributed by atoms with Crippen molar-refractivity contribution in [2.45, 2.75) is 13.3 Å². The summed E-state index contributed by atoms with van der Waals surface area (Å²) in [4.78, 5) is 25.1. The molecule has 7 nitrogen and oxygen atoms in total. The minimum Gasteiger partial charge on any atom is -0.454 e. The molecule has 4 aromatic heterocycles. The van der Waals surface area contributed by atoms with Gasteiger partial charge in [-0.2, -0.15) is 5.10 Å². The summed E-state index contributed by atoms with van der Waals surface area (Å²) in [5, 5.41) is 4.46. The third-order valence-electron chi connectivity index (χ3n) is 3.65. The monoisotopic (exact) mass is 382 g/mol. The Labute approximate surface area is 163 Å². The lowest BCUT2D eigenvalue weighted by Crippen LogP contribution is -2.08. The number of hydrogen-bond donors (Lipinski definition) is 0. The van der Waals surface area contributed by atoms with Crippen molar-refractivity contribution >= 4 is 23.0 Å². The van der Waals surface area contributed by atoms with Gasteiger partial charge < -0.3 is 4.74 Å². The van der Waals surface area contributed by atoms with Gasteiger partial charge in [0.1, 0.15) is 17.8 Å². The molecule has 0 amide bonds. The van der Waals surface area contributed by atoms with Crippen LogP contribution in [0.15, 0.2) is 55.3 Å². The fourth-order valence-corrected chi connectivity index (χ4v) is 2.62. The summed E-state index contributed by atoms with van der Waals surface area (Å²) >= 11 is 5.93. The second kappa shape index (κ2) is 7.13. The SMILES string of the molecule is [2H]c1nc(CC(=O)c2cc(Oc3cncc(Cl)c3)cn3ncnc23)c([2H])c([2H])c1C. The molecule has 0 spiro atoms. The number of nitrogens with zero attached hydrogens (tertiary/aromatic N) is 5. The lowest BCUT2D eigenvalue weighted by molar-refractivity contribution is 0.0992. The zero-order chi connectivity index (χ0) is 21.4. The number of carbonyl (C=O) groups excluding carboxylic acids is 1. The van der Waals surface area contributed by atoms with Crippen molar-refractivity contribution in [2.75, 3.05) is 0 Å². The third kappa shape index (κ3) is 3.78. The zero-order valence-electron chi connectivity index (χ0n) is 17.1. The fourth-order valence-electron chi connectivity index (χ4n) is 2.45. The van der Waals surface area contributed by atoms with Crippen molar-refractivity contribution in [1.29, 1.82) is 0 Å². The Balaban J connectivity index is 1.71. The van der Waals surface area contributed by atoms with Crippen LogP contribution in [-0.2, 0) is 6.42 Å². The van der Waals surface area contributed by atoms with Gasteiger partial charge in [0, 0.05) is 24.1 Å². The number of halogens is 1. The minimum absolute atomic E-state index is 0.0589. The van der Waals surface area contributed by atoms with Gasteiger partial charge in [-0.05, 0) is 24.6 Å². The number of hydrogen-bond acceptors (Lipinski definition) is 6. The summed E-state index contributed by atoms with van der Waals surface area (Å²) in [5.41, 5.74) is 0.873. The molecule has 0 saturated heterocycles. The van der Waals surface area contributed by atoms with Crippen LogP contribution in [0.1, 0.15) is 25.7 Å². The minimum atomic E-state index is -0.397. The molecule has 4 aromatic rings. The van der Waals surface area contributed by atoms with E-state index in [0.29, 0.717) is 27.7 Å². The summed E-state index contributed by atoms with van der Waals surface area (Å²) in [7, 11) is 0. The van der Waals surface area contributed by atoms with Crippen LogP contribution >= 0.6 is 11.6 Å². The number of rotatable bonds is 5. The number of carbonyl (C=O) groups is 1. The Morgan fingerprint density at radius 1 is 1.26 bits per heavy atom. The van der Waals surface area contributed by atoms with E-state index in [1.54, 1.807) is 19.2 Å². The maximum atomic E-state index is 13.0. The molecule has 0 radical (unpaired) electrons. The molecule has 8 heteroatoms. The summed E-state index contributed by atoms with van der Waals surface area (Å²) < 4.78 is 31.0. The molecule has 0 fully saturated rings. The molecule has 0 unspecified atom stereocenters. The lowest BCUT2D eigenvalue weighted by Gasteiger charge is -2.09. The number of pyridine rings is 3. The topological polar surface area (TPSA) is 82.3 Å². The molecule has 0 N–H and O–H groups in total. The van der Waals surface area contributed by atoms with Gasteiger partial charge in [0.05, 0.1) is 33.5 Å². The van der Waals surface area contributed by atoms with E-state index in [0.717, 1.165) is 0 Å².